The van der Waals surface area contributed by atoms with Crippen molar-refractivity contribution >= 4 is 11.9 Å². The molecule has 1 aromatic carbocycles. The van der Waals surface area contributed by atoms with Gasteiger partial charge >= 0.3 is 5.97 Å². The molecule has 1 aliphatic rings. The van der Waals surface area contributed by atoms with Gasteiger partial charge in [-0.25, -0.2) is 5.06 Å². The summed E-state index contributed by atoms with van der Waals surface area (Å²) in [6.07, 6.45) is 0.797. The number of methoxy groups -OCH3 is 2. The third-order valence-corrected chi connectivity index (χ3v) is 2.93. The first-order valence-electron chi connectivity index (χ1n) is 6.46. The average Bonchev–Trinajstić information content (AvgIpc) is 3.00. The van der Waals surface area contributed by atoms with E-state index in [1.807, 2.05) is 0 Å². The molecule has 1 aromatic rings. The number of ether oxygens (including phenoxy) is 3. The van der Waals surface area contributed by atoms with Crippen molar-refractivity contribution in [1.82, 2.24) is 5.06 Å². The molecule has 0 bridgehead atoms. The van der Waals surface area contributed by atoms with Gasteiger partial charge in [-0.15, -0.1) is 0 Å². The van der Waals surface area contributed by atoms with Gasteiger partial charge in [0.1, 0.15) is 0 Å². The third-order valence-electron chi connectivity index (χ3n) is 2.93. The van der Waals surface area contributed by atoms with Crippen LogP contribution in [0, 0.1) is 0 Å². The Hall–Kier alpha value is -2.28. The van der Waals surface area contributed by atoms with Gasteiger partial charge in [-0.2, -0.15) is 0 Å². The van der Waals surface area contributed by atoms with Crippen molar-refractivity contribution in [2.75, 3.05) is 27.4 Å². The van der Waals surface area contributed by atoms with E-state index in [2.05, 4.69) is 0 Å². The first-order chi connectivity index (χ1) is 10.1. The Kier molecular flexibility index (Phi) is 4.64. The fourth-order valence-corrected chi connectivity index (χ4v) is 2.00. The predicted octanol–water partition coefficient (Wildman–Crippen LogP) is 1.41. The zero-order valence-corrected chi connectivity index (χ0v) is 12.2. The van der Waals surface area contributed by atoms with Crippen molar-refractivity contribution in [3.05, 3.63) is 17.7 Å². The van der Waals surface area contributed by atoms with Gasteiger partial charge in [0.25, 0.3) is 5.91 Å². The number of carbonyl (C=O) groups excluding carboxylic acids is 2. The number of carbonyl (C=O) groups is 2. The van der Waals surface area contributed by atoms with Gasteiger partial charge in [0.15, 0.2) is 11.5 Å². The van der Waals surface area contributed by atoms with Crippen molar-refractivity contribution in [3.8, 4) is 17.2 Å². The first-order valence-corrected chi connectivity index (χ1v) is 6.46. The quantitative estimate of drug-likeness (QED) is 0.617. The Balaban J connectivity index is 2.39. The largest absolute Gasteiger partial charge is 0.493 e. The van der Waals surface area contributed by atoms with E-state index >= 15 is 0 Å². The number of nitrogens with zero attached hydrogens (tertiary/aromatic N) is 1. The monoisotopic (exact) mass is 295 g/mol. The predicted molar refractivity (Wildman–Crippen MR) is 72.5 cm³/mol. The molecule has 1 heterocycles. The van der Waals surface area contributed by atoms with Crippen molar-refractivity contribution in [3.63, 3.8) is 0 Å². The smallest absolute Gasteiger partial charge is 0.308 e. The summed E-state index contributed by atoms with van der Waals surface area (Å²) in [6.45, 7) is 2.33. The van der Waals surface area contributed by atoms with E-state index in [1.54, 1.807) is 0 Å². The molecule has 1 amide bonds. The number of amides is 1. The Morgan fingerprint density at radius 1 is 1.19 bits per heavy atom. The van der Waals surface area contributed by atoms with Crippen LogP contribution in [0.4, 0.5) is 0 Å². The summed E-state index contributed by atoms with van der Waals surface area (Å²) in [6, 6.07) is 2.98. The van der Waals surface area contributed by atoms with Crippen molar-refractivity contribution in [2.24, 2.45) is 0 Å². The lowest BCUT2D eigenvalue weighted by molar-refractivity contribution is -0.132. The standard InChI is InChI=1S/C14H17NO6/c1-9(16)21-13-11(18-2)7-10(8-12(13)19-3)14(17)15-5-4-6-20-15/h7-8H,4-6H2,1-3H3. The van der Waals surface area contributed by atoms with E-state index in [0.717, 1.165) is 6.42 Å². The molecule has 114 valence electrons. The molecule has 0 aromatic heterocycles. The van der Waals surface area contributed by atoms with Gasteiger partial charge in [-0.05, 0) is 18.6 Å². The molecular formula is C14H17NO6. The molecule has 0 N–H and O–H groups in total. The Morgan fingerprint density at radius 2 is 1.81 bits per heavy atom. The summed E-state index contributed by atoms with van der Waals surface area (Å²) in [7, 11) is 2.84. The first kappa shape index (κ1) is 15.1. The summed E-state index contributed by atoms with van der Waals surface area (Å²) in [4.78, 5) is 28.7. The summed E-state index contributed by atoms with van der Waals surface area (Å²) in [5.74, 6) is -0.169. The minimum absolute atomic E-state index is 0.145. The van der Waals surface area contributed by atoms with Crippen molar-refractivity contribution in [1.29, 1.82) is 0 Å². The lowest BCUT2D eigenvalue weighted by Crippen LogP contribution is -2.26. The molecule has 2 rings (SSSR count). The number of hydrogen-bond donors (Lipinski definition) is 0. The molecule has 21 heavy (non-hydrogen) atoms. The SMILES string of the molecule is COc1cc(C(=O)N2CCCO2)cc(OC)c1OC(C)=O. The summed E-state index contributed by atoms with van der Waals surface area (Å²) < 4.78 is 15.4. The van der Waals surface area contributed by atoms with E-state index < -0.39 is 5.97 Å². The second-order valence-corrected chi connectivity index (χ2v) is 4.40. The third kappa shape index (κ3) is 3.25. The van der Waals surface area contributed by atoms with Crippen LogP contribution >= 0.6 is 0 Å². The van der Waals surface area contributed by atoms with Gasteiger partial charge in [0.2, 0.25) is 5.75 Å². The fraction of sp³-hybridized carbons (Fsp3) is 0.429. The van der Waals surface area contributed by atoms with Crippen LogP contribution in [-0.2, 0) is 9.63 Å². The molecule has 7 heteroatoms. The fourth-order valence-electron chi connectivity index (χ4n) is 2.00. The lowest BCUT2D eigenvalue weighted by atomic mass is 10.1. The lowest BCUT2D eigenvalue weighted by Gasteiger charge is -2.17. The number of rotatable bonds is 4. The van der Waals surface area contributed by atoms with Crippen molar-refractivity contribution in [2.45, 2.75) is 13.3 Å². The highest BCUT2D eigenvalue weighted by Gasteiger charge is 2.25. The molecule has 0 unspecified atom stereocenters. The topological polar surface area (TPSA) is 74.3 Å². The van der Waals surface area contributed by atoms with E-state index in [9.17, 15) is 9.59 Å². The molecule has 0 aliphatic carbocycles. The van der Waals surface area contributed by atoms with E-state index in [4.69, 9.17) is 19.0 Å². The van der Waals surface area contributed by atoms with Crippen LogP contribution in [0.15, 0.2) is 12.1 Å². The molecule has 1 aliphatic heterocycles. The maximum atomic E-state index is 12.3. The van der Waals surface area contributed by atoms with Gasteiger partial charge in [-0.3, -0.25) is 14.4 Å². The molecule has 0 atom stereocenters. The second-order valence-electron chi connectivity index (χ2n) is 4.40. The number of hydrogen-bond acceptors (Lipinski definition) is 6. The van der Waals surface area contributed by atoms with Crippen LogP contribution in [0.3, 0.4) is 0 Å². The molecule has 0 saturated carbocycles. The van der Waals surface area contributed by atoms with Crippen LogP contribution in [0.5, 0.6) is 17.2 Å². The maximum absolute atomic E-state index is 12.3. The highest BCUT2D eigenvalue weighted by molar-refractivity contribution is 5.95. The molecule has 0 radical (unpaired) electrons. The summed E-state index contributed by atoms with van der Waals surface area (Å²) in [5.41, 5.74) is 0.335. The van der Waals surface area contributed by atoms with Crippen molar-refractivity contribution < 1.29 is 28.6 Å². The summed E-state index contributed by atoms with van der Waals surface area (Å²) >= 11 is 0. The second kappa shape index (κ2) is 6.45. The molecule has 0 spiro atoms. The number of benzene rings is 1. The van der Waals surface area contributed by atoms with Crippen LogP contribution in [0.2, 0.25) is 0 Å². The molecule has 1 fully saturated rings. The average molecular weight is 295 g/mol. The molecule has 1 saturated heterocycles. The van der Waals surface area contributed by atoms with Crippen LogP contribution < -0.4 is 14.2 Å². The van der Waals surface area contributed by atoms with E-state index in [0.29, 0.717) is 18.7 Å². The van der Waals surface area contributed by atoms with Crippen LogP contribution in [-0.4, -0.2) is 44.3 Å². The zero-order valence-electron chi connectivity index (χ0n) is 12.2. The highest BCUT2D eigenvalue weighted by atomic mass is 16.7. The molecule has 7 nitrogen and oxygen atoms in total. The minimum Gasteiger partial charge on any atom is -0.493 e. The van der Waals surface area contributed by atoms with E-state index in [-0.39, 0.29) is 23.2 Å². The maximum Gasteiger partial charge on any atom is 0.308 e. The summed E-state index contributed by atoms with van der Waals surface area (Å²) in [5, 5.41) is 1.29. The normalized spacial score (nSPS) is 14.0. The Labute approximate surface area is 122 Å². The van der Waals surface area contributed by atoms with Gasteiger partial charge in [-0.1, -0.05) is 0 Å². The zero-order chi connectivity index (χ0) is 15.4. The Morgan fingerprint density at radius 3 is 2.24 bits per heavy atom. The van der Waals surface area contributed by atoms with Crippen LogP contribution in [0.25, 0.3) is 0 Å². The minimum atomic E-state index is -0.506. The van der Waals surface area contributed by atoms with Gasteiger partial charge in [0, 0.05) is 12.5 Å². The molecular weight excluding hydrogens is 278 g/mol. The van der Waals surface area contributed by atoms with Gasteiger partial charge in [0.05, 0.1) is 27.4 Å². The van der Waals surface area contributed by atoms with Crippen LogP contribution in [0.1, 0.15) is 23.7 Å². The highest BCUT2D eigenvalue weighted by Crippen LogP contribution is 2.39. The van der Waals surface area contributed by atoms with Gasteiger partial charge < -0.3 is 14.2 Å². The number of esters is 1. The Bertz CT molecular complexity index is 525. The number of hydroxylamine groups is 2. The van der Waals surface area contributed by atoms with E-state index in [1.165, 1.54) is 38.3 Å².